The van der Waals surface area contributed by atoms with Crippen molar-refractivity contribution >= 4 is 38.9 Å². The minimum Gasteiger partial charge on any atom is -0.480 e. The molecule has 1 aromatic carbocycles. The number of carbonyl (C=O) groups excluding carboxylic acids is 1. The molecule has 2 N–H and O–H groups in total. The van der Waals surface area contributed by atoms with E-state index in [1.807, 2.05) is 43.9 Å². The first-order chi connectivity index (χ1) is 12.7. The van der Waals surface area contributed by atoms with Crippen LogP contribution in [0.15, 0.2) is 28.9 Å². The molecule has 0 bridgehead atoms. The van der Waals surface area contributed by atoms with Gasteiger partial charge in [-0.05, 0) is 32.9 Å². The Morgan fingerprint density at radius 1 is 1.22 bits per heavy atom. The molecule has 0 unspecified atom stereocenters. The first-order valence-electron chi connectivity index (χ1n) is 8.87. The van der Waals surface area contributed by atoms with Crippen molar-refractivity contribution in [1.82, 2.24) is 14.8 Å². The van der Waals surface area contributed by atoms with Crippen LogP contribution in [0, 0.1) is 0 Å². The van der Waals surface area contributed by atoms with Crippen molar-refractivity contribution in [1.29, 1.82) is 0 Å². The van der Waals surface area contributed by atoms with Crippen LogP contribution >= 0.6 is 15.9 Å². The van der Waals surface area contributed by atoms with Gasteiger partial charge in [-0.2, -0.15) is 0 Å². The maximum absolute atomic E-state index is 12.2. The normalized spacial score (nSPS) is 17.1. The van der Waals surface area contributed by atoms with E-state index in [2.05, 4.69) is 20.9 Å². The van der Waals surface area contributed by atoms with Gasteiger partial charge in [-0.3, -0.25) is 9.69 Å². The van der Waals surface area contributed by atoms with Crippen LogP contribution in [-0.2, 0) is 9.53 Å². The molecule has 2 heterocycles. The first-order valence-corrected chi connectivity index (χ1v) is 9.66. The minimum absolute atomic E-state index is 0.356. The second kappa shape index (κ2) is 7.52. The van der Waals surface area contributed by atoms with E-state index in [1.165, 1.54) is 0 Å². The Morgan fingerprint density at radius 3 is 2.48 bits per heavy atom. The number of hydrogen-bond acceptors (Lipinski definition) is 4. The molecule has 1 aliphatic heterocycles. The third-order valence-electron chi connectivity index (χ3n) is 4.54. The van der Waals surface area contributed by atoms with Gasteiger partial charge in [0, 0.05) is 53.3 Å². The molecule has 3 rings (SSSR count). The molecule has 1 atom stereocenters. The third-order valence-corrected chi connectivity index (χ3v) is 5.03. The van der Waals surface area contributed by atoms with Crippen molar-refractivity contribution in [3.05, 3.63) is 34.4 Å². The number of nitrogens with zero attached hydrogens (tertiary/aromatic N) is 2. The summed E-state index contributed by atoms with van der Waals surface area (Å²) in [4.78, 5) is 30.9. The average Bonchev–Trinajstić information content (AvgIpc) is 2.96. The number of benzene rings is 1. The van der Waals surface area contributed by atoms with Gasteiger partial charge < -0.3 is 19.7 Å². The fraction of sp³-hybridized carbons (Fsp3) is 0.474. The van der Waals surface area contributed by atoms with E-state index < -0.39 is 17.6 Å². The molecular weight excluding hydrogens is 414 g/mol. The number of aliphatic carboxylic acids is 1. The lowest BCUT2D eigenvalue weighted by atomic mass is 10.0. The van der Waals surface area contributed by atoms with Gasteiger partial charge in [0.2, 0.25) is 0 Å². The van der Waals surface area contributed by atoms with Crippen molar-refractivity contribution in [3.8, 4) is 0 Å². The van der Waals surface area contributed by atoms with Crippen molar-refractivity contribution in [2.45, 2.75) is 32.4 Å². The fourth-order valence-corrected chi connectivity index (χ4v) is 3.68. The summed E-state index contributed by atoms with van der Waals surface area (Å²) in [6, 6.07) is 4.98. The van der Waals surface area contributed by atoms with Crippen molar-refractivity contribution in [3.63, 3.8) is 0 Å². The van der Waals surface area contributed by atoms with Gasteiger partial charge in [-0.1, -0.05) is 22.0 Å². The number of aromatic amines is 1. The van der Waals surface area contributed by atoms with Gasteiger partial charge in [0.1, 0.15) is 11.6 Å². The number of amides is 1. The third kappa shape index (κ3) is 4.44. The summed E-state index contributed by atoms with van der Waals surface area (Å²) in [5.74, 6) is -0.899. The van der Waals surface area contributed by atoms with E-state index in [1.54, 1.807) is 11.1 Å². The summed E-state index contributed by atoms with van der Waals surface area (Å²) in [6.07, 6.45) is 1.40. The second-order valence-electron chi connectivity index (χ2n) is 7.68. The molecule has 0 saturated carbocycles. The van der Waals surface area contributed by atoms with Gasteiger partial charge in [0.05, 0.1) is 0 Å². The van der Waals surface area contributed by atoms with Gasteiger partial charge in [-0.25, -0.2) is 4.79 Å². The van der Waals surface area contributed by atoms with Crippen LogP contribution in [0.5, 0.6) is 0 Å². The van der Waals surface area contributed by atoms with Crippen LogP contribution in [-0.4, -0.2) is 63.7 Å². The monoisotopic (exact) mass is 437 g/mol. The van der Waals surface area contributed by atoms with Crippen molar-refractivity contribution < 1.29 is 19.4 Å². The maximum atomic E-state index is 12.2. The minimum atomic E-state index is -0.899. The van der Waals surface area contributed by atoms with Crippen molar-refractivity contribution in [2.75, 3.05) is 26.2 Å². The molecule has 146 valence electrons. The second-order valence-corrected chi connectivity index (χ2v) is 8.59. The molecule has 0 spiro atoms. The smallest absolute Gasteiger partial charge is 0.410 e. The van der Waals surface area contributed by atoms with Crippen LogP contribution in [0.4, 0.5) is 4.79 Å². The Kier molecular flexibility index (Phi) is 5.48. The largest absolute Gasteiger partial charge is 0.480 e. The lowest BCUT2D eigenvalue weighted by Gasteiger charge is -2.38. The number of nitrogens with one attached hydrogen (secondary N) is 1. The van der Waals surface area contributed by atoms with E-state index in [0.29, 0.717) is 26.2 Å². The Labute approximate surface area is 166 Å². The molecule has 0 aliphatic carbocycles. The van der Waals surface area contributed by atoms with E-state index in [4.69, 9.17) is 4.74 Å². The van der Waals surface area contributed by atoms with Crippen LogP contribution in [0.1, 0.15) is 32.4 Å². The molecule has 2 aromatic rings. The van der Waals surface area contributed by atoms with Gasteiger partial charge in [-0.15, -0.1) is 0 Å². The Hall–Kier alpha value is -2.06. The number of halogens is 1. The Balaban J connectivity index is 1.76. The highest BCUT2D eigenvalue weighted by Gasteiger charge is 2.34. The summed E-state index contributed by atoms with van der Waals surface area (Å²) >= 11 is 3.43. The molecule has 1 saturated heterocycles. The average molecular weight is 438 g/mol. The van der Waals surface area contributed by atoms with Crippen LogP contribution in [0.2, 0.25) is 0 Å². The van der Waals surface area contributed by atoms with Gasteiger partial charge >= 0.3 is 12.1 Å². The molecule has 8 heteroatoms. The number of fused-ring (bicyclic) bond motifs is 1. The molecule has 1 fully saturated rings. The highest BCUT2D eigenvalue weighted by molar-refractivity contribution is 9.10. The number of aromatic nitrogens is 1. The number of carbonyl (C=O) groups is 2. The van der Waals surface area contributed by atoms with E-state index >= 15 is 0 Å². The quantitative estimate of drug-likeness (QED) is 0.765. The number of carboxylic acid groups (broad SMARTS) is 1. The summed E-state index contributed by atoms with van der Waals surface area (Å²) < 4.78 is 6.34. The summed E-state index contributed by atoms with van der Waals surface area (Å²) in [5, 5.41) is 10.8. The highest BCUT2D eigenvalue weighted by Crippen LogP contribution is 2.31. The topological polar surface area (TPSA) is 85.9 Å². The van der Waals surface area contributed by atoms with E-state index in [9.17, 15) is 14.7 Å². The van der Waals surface area contributed by atoms with Crippen LogP contribution in [0.25, 0.3) is 10.9 Å². The van der Waals surface area contributed by atoms with Crippen molar-refractivity contribution in [2.24, 2.45) is 0 Å². The van der Waals surface area contributed by atoms with Crippen LogP contribution in [0.3, 0.4) is 0 Å². The molecule has 0 radical (unpaired) electrons. The van der Waals surface area contributed by atoms with Gasteiger partial charge in [0.25, 0.3) is 0 Å². The summed E-state index contributed by atoms with van der Waals surface area (Å²) in [5.41, 5.74) is 1.07. The number of piperazine rings is 1. The number of carboxylic acids is 1. The van der Waals surface area contributed by atoms with Crippen LogP contribution < -0.4 is 0 Å². The Bertz CT molecular complexity index is 850. The molecular formula is C19H24BrN3O4. The summed E-state index contributed by atoms with van der Waals surface area (Å²) in [7, 11) is 0. The lowest BCUT2D eigenvalue weighted by Crippen LogP contribution is -2.51. The van der Waals surface area contributed by atoms with E-state index in [-0.39, 0.29) is 6.09 Å². The maximum Gasteiger partial charge on any atom is 0.410 e. The molecule has 27 heavy (non-hydrogen) atoms. The fourth-order valence-electron chi connectivity index (χ4n) is 3.32. The Morgan fingerprint density at radius 2 is 1.89 bits per heavy atom. The number of ether oxygens (including phenoxy) is 1. The standard InChI is InChI=1S/C19H24BrN3O4/c1-19(2,3)27-18(26)23-8-6-22(7-9-23)16(17(24)25)14-11-21-15-10-12(20)4-5-13(14)15/h4-5,10-11,16,21H,6-9H2,1-3H3,(H,24,25)/t16-/m1/s1. The lowest BCUT2D eigenvalue weighted by molar-refractivity contribution is -0.144. The molecule has 1 amide bonds. The zero-order valence-electron chi connectivity index (χ0n) is 15.7. The highest BCUT2D eigenvalue weighted by atomic mass is 79.9. The zero-order chi connectivity index (χ0) is 19.8. The summed E-state index contributed by atoms with van der Waals surface area (Å²) in [6.45, 7) is 7.31. The SMILES string of the molecule is CC(C)(C)OC(=O)N1CCN([C@@H](C(=O)O)c2c[nH]c3cc(Br)ccc23)CC1. The predicted molar refractivity (Wildman–Crippen MR) is 106 cm³/mol. The molecule has 1 aliphatic rings. The molecule has 7 nitrogen and oxygen atoms in total. The zero-order valence-corrected chi connectivity index (χ0v) is 17.2. The van der Waals surface area contributed by atoms with E-state index in [0.717, 1.165) is 20.9 Å². The molecule has 1 aromatic heterocycles. The predicted octanol–water partition coefficient (Wildman–Crippen LogP) is 3.61. The number of hydrogen-bond donors (Lipinski definition) is 2. The number of rotatable bonds is 3. The number of H-pyrrole nitrogens is 1. The first kappa shape index (κ1) is 19.7. The van der Waals surface area contributed by atoms with Gasteiger partial charge in [0.15, 0.2) is 0 Å².